The van der Waals surface area contributed by atoms with Crippen LogP contribution in [0.2, 0.25) is 0 Å². The van der Waals surface area contributed by atoms with Crippen molar-refractivity contribution in [1.29, 1.82) is 0 Å². The second-order valence-electron chi connectivity index (χ2n) is 8.80. The molecule has 24 heavy (non-hydrogen) atoms. The number of carbonyl (C=O) groups excluding carboxylic acids is 1. The summed E-state index contributed by atoms with van der Waals surface area (Å²) >= 11 is 0. The molecule has 0 aromatic rings. The molecule has 0 unspecified atom stereocenters. The van der Waals surface area contributed by atoms with Gasteiger partial charge in [-0.05, 0) is 43.4 Å². The molecule has 140 valence electrons. The quantitative estimate of drug-likeness (QED) is 0.777. The third kappa shape index (κ3) is 6.01. The van der Waals surface area contributed by atoms with Gasteiger partial charge < -0.3 is 20.1 Å². The average Bonchev–Trinajstić information content (AvgIpc) is 2.47. The first kappa shape index (κ1) is 19.7. The summed E-state index contributed by atoms with van der Waals surface area (Å²) in [5.74, 6) is 1.06. The van der Waals surface area contributed by atoms with Gasteiger partial charge in [-0.2, -0.15) is 0 Å². The summed E-state index contributed by atoms with van der Waals surface area (Å²) in [5.41, 5.74) is 0.278. The molecule has 1 heterocycles. The zero-order valence-electron chi connectivity index (χ0n) is 15.9. The van der Waals surface area contributed by atoms with Crippen molar-refractivity contribution >= 4 is 5.91 Å². The molecule has 0 radical (unpaired) electrons. The molecule has 2 rings (SSSR count). The Morgan fingerprint density at radius 2 is 2.00 bits per heavy atom. The molecule has 1 saturated heterocycles. The third-order valence-electron chi connectivity index (χ3n) is 5.52. The standard InChI is InChI=1S/C19H36N2O3/c1-14-9-15(11-19(2,3)10-14)18(23)20-16-5-7-21(8-6-16)12-17(22)13-24-4/h14-17,22H,5-13H2,1-4H3,(H,20,23)/t14-,15-,17+/m0/s1. The number of carbonyl (C=O) groups is 1. The predicted octanol–water partition coefficient (Wildman–Crippen LogP) is 2.04. The van der Waals surface area contributed by atoms with Crippen molar-refractivity contribution in [3.63, 3.8) is 0 Å². The van der Waals surface area contributed by atoms with Gasteiger partial charge in [0.15, 0.2) is 0 Å². The highest BCUT2D eigenvalue weighted by Gasteiger charge is 2.36. The Morgan fingerprint density at radius 1 is 1.33 bits per heavy atom. The van der Waals surface area contributed by atoms with Crippen molar-refractivity contribution in [1.82, 2.24) is 10.2 Å². The number of aliphatic hydroxyl groups excluding tert-OH is 1. The average molecular weight is 341 g/mol. The molecule has 2 fully saturated rings. The van der Waals surface area contributed by atoms with E-state index in [9.17, 15) is 9.90 Å². The van der Waals surface area contributed by atoms with Crippen LogP contribution in [-0.2, 0) is 9.53 Å². The normalized spacial score (nSPS) is 30.0. The molecule has 5 heteroatoms. The van der Waals surface area contributed by atoms with E-state index in [2.05, 4.69) is 31.0 Å². The van der Waals surface area contributed by atoms with Gasteiger partial charge in [0.05, 0.1) is 12.7 Å². The van der Waals surface area contributed by atoms with Crippen molar-refractivity contribution in [2.24, 2.45) is 17.3 Å². The van der Waals surface area contributed by atoms with Gasteiger partial charge in [0.2, 0.25) is 5.91 Å². The Morgan fingerprint density at radius 3 is 2.58 bits per heavy atom. The Kier molecular flexibility index (Phi) is 7.08. The van der Waals surface area contributed by atoms with Crippen LogP contribution in [0.25, 0.3) is 0 Å². The largest absolute Gasteiger partial charge is 0.389 e. The maximum absolute atomic E-state index is 12.7. The summed E-state index contributed by atoms with van der Waals surface area (Å²) < 4.78 is 4.98. The molecular weight excluding hydrogens is 304 g/mol. The molecule has 5 nitrogen and oxygen atoms in total. The Labute approximate surface area is 147 Å². The Bertz CT molecular complexity index is 405. The van der Waals surface area contributed by atoms with Gasteiger partial charge in [-0.25, -0.2) is 0 Å². The number of hydrogen-bond donors (Lipinski definition) is 2. The minimum atomic E-state index is -0.424. The van der Waals surface area contributed by atoms with E-state index in [-0.39, 0.29) is 23.3 Å². The predicted molar refractivity (Wildman–Crippen MR) is 95.8 cm³/mol. The molecule has 0 aromatic heterocycles. The fourth-order valence-corrected chi connectivity index (χ4v) is 4.67. The van der Waals surface area contributed by atoms with Gasteiger partial charge in [-0.3, -0.25) is 4.79 Å². The van der Waals surface area contributed by atoms with Crippen LogP contribution in [0.4, 0.5) is 0 Å². The van der Waals surface area contributed by atoms with Crippen LogP contribution in [0.15, 0.2) is 0 Å². The summed E-state index contributed by atoms with van der Waals surface area (Å²) in [6.07, 6.45) is 4.77. The fourth-order valence-electron chi connectivity index (χ4n) is 4.67. The molecule has 1 aliphatic carbocycles. The van der Waals surface area contributed by atoms with E-state index in [4.69, 9.17) is 4.74 Å². The zero-order chi connectivity index (χ0) is 17.7. The first-order chi connectivity index (χ1) is 11.3. The van der Waals surface area contributed by atoms with E-state index in [1.54, 1.807) is 7.11 Å². The monoisotopic (exact) mass is 340 g/mol. The SMILES string of the molecule is COC[C@H](O)CN1CCC(NC(=O)[C@H]2C[C@H](C)CC(C)(C)C2)CC1. The molecule has 0 spiro atoms. The van der Waals surface area contributed by atoms with Crippen molar-refractivity contribution in [3.05, 3.63) is 0 Å². The lowest BCUT2D eigenvalue weighted by atomic mass is 9.68. The molecule has 0 aromatic carbocycles. The fraction of sp³-hybridized carbons (Fsp3) is 0.947. The molecule has 2 N–H and O–H groups in total. The summed E-state index contributed by atoms with van der Waals surface area (Å²) in [7, 11) is 1.61. The lowest BCUT2D eigenvalue weighted by Gasteiger charge is -2.39. The summed E-state index contributed by atoms with van der Waals surface area (Å²) in [5, 5.41) is 13.1. The van der Waals surface area contributed by atoms with Crippen LogP contribution in [0, 0.1) is 17.3 Å². The van der Waals surface area contributed by atoms with Gasteiger partial charge in [0.1, 0.15) is 0 Å². The molecule has 2 aliphatic rings. The van der Waals surface area contributed by atoms with Crippen molar-refractivity contribution in [2.45, 2.75) is 65.0 Å². The lowest BCUT2D eigenvalue weighted by Crippen LogP contribution is -2.49. The topological polar surface area (TPSA) is 61.8 Å². The first-order valence-electron chi connectivity index (χ1n) is 9.49. The van der Waals surface area contributed by atoms with Crippen LogP contribution < -0.4 is 5.32 Å². The van der Waals surface area contributed by atoms with Gasteiger partial charge >= 0.3 is 0 Å². The number of piperidine rings is 1. The number of amides is 1. The van der Waals surface area contributed by atoms with E-state index in [1.165, 1.54) is 6.42 Å². The van der Waals surface area contributed by atoms with Gasteiger partial charge in [0, 0.05) is 38.7 Å². The number of nitrogens with one attached hydrogen (secondary N) is 1. The number of rotatable bonds is 6. The molecule has 0 bridgehead atoms. The van der Waals surface area contributed by atoms with Crippen molar-refractivity contribution in [3.8, 4) is 0 Å². The van der Waals surface area contributed by atoms with E-state index in [0.717, 1.165) is 38.8 Å². The number of ether oxygens (including phenoxy) is 1. The smallest absolute Gasteiger partial charge is 0.223 e. The van der Waals surface area contributed by atoms with Gasteiger partial charge in [-0.1, -0.05) is 20.8 Å². The number of β-amino-alcohol motifs (C(OH)–C–C–N with tert-alkyl or cyclic N) is 1. The van der Waals surface area contributed by atoms with Crippen LogP contribution in [0.1, 0.15) is 52.9 Å². The molecule has 1 amide bonds. The number of nitrogens with zero attached hydrogens (tertiary/aromatic N) is 1. The lowest BCUT2D eigenvalue weighted by molar-refractivity contribution is -0.129. The second kappa shape index (κ2) is 8.63. The van der Waals surface area contributed by atoms with E-state index < -0.39 is 6.10 Å². The van der Waals surface area contributed by atoms with Crippen LogP contribution >= 0.6 is 0 Å². The van der Waals surface area contributed by atoms with Crippen molar-refractivity contribution in [2.75, 3.05) is 33.4 Å². The first-order valence-corrected chi connectivity index (χ1v) is 9.49. The molecule has 3 atom stereocenters. The summed E-state index contributed by atoms with van der Waals surface area (Å²) in [6.45, 7) is 9.73. The second-order valence-corrected chi connectivity index (χ2v) is 8.80. The Balaban J connectivity index is 1.74. The zero-order valence-corrected chi connectivity index (χ0v) is 15.9. The molecule has 1 saturated carbocycles. The van der Waals surface area contributed by atoms with E-state index >= 15 is 0 Å². The van der Waals surface area contributed by atoms with E-state index in [1.807, 2.05) is 0 Å². The number of methoxy groups -OCH3 is 1. The molecular formula is C19H36N2O3. The maximum atomic E-state index is 12.7. The summed E-state index contributed by atoms with van der Waals surface area (Å²) in [4.78, 5) is 14.9. The molecule has 1 aliphatic heterocycles. The number of hydrogen-bond acceptors (Lipinski definition) is 4. The number of aliphatic hydroxyl groups is 1. The van der Waals surface area contributed by atoms with Crippen LogP contribution in [0.5, 0.6) is 0 Å². The van der Waals surface area contributed by atoms with Gasteiger partial charge in [-0.15, -0.1) is 0 Å². The highest BCUT2D eigenvalue weighted by Crippen LogP contribution is 2.41. The minimum absolute atomic E-state index is 0.172. The van der Waals surface area contributed by atoms with Crippen molar-refractivity contribution < 1.29 is 14.6 Å². The van der Waals surface area contributed by atoms with E-state index in [0.29, 0.717) is 19.1 Å². The minimum Gasteiger partial charge on any atom is -0.389 e. The van der Waals surface area contributed by atoms with Gasteiger partial charge in [0.25, 0.3) is 0 Å². The summed E-state index contributed by atoms with van der Waals surface area (Å²) in [6, 6.07) is 0.286. The highest BCUT2D eigenvalue weighted by molar-refractivity contribution is 5.79. The maximum Gasteiger partial charge on any atom is 0.223 e. The highest BCUT2D eigenvalue weighted by atomic mass is 16.5. The number of likely N-dealkylation sites (tertiary alicyclic amines) is 1. The Hall–Kier alpha value is -0.650. The van der Waals surface area contributed by atoms with Crippen LogP contribution in [-0.4, -0.2) is 61.4 Å². The third-order valence-corrected chi connectivity index (χ3v) is 5.52. The van der Waals surface area contributed by atoms with Crippen LogP contribution in [0.3, 0.4) is 0 Å².